The minimum Gasteiger partial charge on any atom is -0.493 e. The zero-order valence-electron chi connectivity index (χ0n) is 12.1. The van der Waals surface area contributed by atoms with Crippen molar-refractivity contribution in [3.63, 3.8) is 0 Å². The highest BCUT2D eigenvalue weighted by Gasteiger charge is 2.54. The summed E-state index contributed by atoms with van der Waals surface area (Å²) in [5.74, 6) is 1.70. The van der Waals surface area contributed by atoms with Crippen LogP contribution in [0.25, 0.3) is 0 Å². The highest BCUT2D eigenvalue weighted by atomic mass is 79.9. The van der Waals surface area contributed by atoms with E-state index in [9.17, 15) is 8.42 Å². The Morgan fingerprint density at radius 2 is 1.73 bits per heavy atom. The number of rotatable bonds is 5. The van der Waals surface area contributed by atoms with E-state index in [1.54, 1.807) is 6.07 Å². The van der Waals surface area contributed by atoms with E-state index in [-0.39, 0.29) is 23.3 Å². The Bertz CT molecular complexity index is 660. The number of halogens is 2. The zero-order valence-corrected chi connectivity index (χ0v) is 15.3. The molecular weight excluding hydrogens is 396 g/mol. The number of nitrogens with one attached hydrogen (secondary N) is 2. The lowest BCUT2D eigenvalue weighted by Gasteiger charge is -2.14. The fourth-order valence-corrected chi connectivity index (χ4v) is 5.25. The summed E-state index contributed by atoms with van der Waals surface area (Å²) < 4.78 is 38.7. The summed E-state index contributed by atoms with van der Waals surface area (Å²) >= 11 is 3.29. The highest BCUT2D eigenvalue weighted by Crippen LogP contribution is 2.43. The molecule has 2 fully saturated rings. The minimum atomic E-state index is -3.59. The molecule has 9 heteroatoms. The van der Waals surface area contributed by atoms with E-state index in [1.807, 2.05) is 0 Å². The number of sulfonamides is 1. The van der Waals surface area contributed by atoms with Gasteiger partial charge in [-0.05, 0) is 46.9 Å². The minimum absolute atomic E-state index is 0. The quantitative estimate of drug-likeness (QED) is 0.763. The summed E-state index contributed by atoms with van der Waals surface area (Å²) in [6.45, 7) is 1.76. The maximum Gasteiger partial charge on any atom is 0.242 e. The highest BCUT2D eigenvalue weighted by molar-refractivity contribution is 9.10. The number of benzene rings is 1. The Morgan fingerprint density at radius 3 is 2.27 bits per heavy atom. The van der Waals surface area contributed by atoms with Crippen molar-refractivity contribution < 1.29 is 17.9 Å². The van der Waals surface area contributed by atoms with Gasteiger partial charge in [-0.25, -0.2) is 13.1 Å². The van der Waals surface area contributed by atoms with E-state index in [0.29, 0.717) is 27.8 Å². The first kappa shape index (κ1) is 17.8. The van der Waals surface area contributed by atoms with Crippen LogP contribution in [-0.4, -0.2) is 41.8 Å². The number of hydrogen-bond acceptors (Lipinski definition) is 5. The molecule has 0 spiro atoms. The number of methoxy groups -OCH3 is 2. The second kappa shape index (κ2) is 6.52. The van der Waals surface area contributed by atoms with Gasteiger partial charge < -0.3 is 14.8 Å². The molecule has 2 atom stereocenters. The van der Waals surface area contributed by atoms with Gasteiger partial charge in [0.25, 0.3) is 0 Å². The molecule has 1 aromatic carbocycles. The van der Waals surface area contributed by atoms with Gasteiger partial charge in [-0.3, -0.25) is 0 Å². The molecular formula is C13H18BrClN2O4S. The van der Waals surface area contributed by atoms with Crippen LogP contribution in [0.1, 0.15) is 0 Å². The molecule has 22 heavy (non-hydrogen) atoms. The van der Waals surface area contributed by atoms with E-state index in [1.165, 1.54) is 20.3 Å². The Hall–Kier alpha value is -0.540. The third-order valence-electron chi connectivity index (χ3n) is 4.11. The summed E-state index contributed by atoms with van der Waals surface area (Å²) in [6.07, 6.45) is 0. The molecule has 1 aliphatic carbocycles. The van der Waals surface area contributed by atoms with Gasteiger partial charge in [0, 0.05) is 16.6 Å². The van der Waals surface area contributed by atoms with E-state index in [2.05, 4.69) is 26.0 Å². The average Bonchev–Trinajstić information content (AvgIpc) is 2.89. The molecule has 0 aromatic heterocycles. The number of fused-ring (bicyclic) bond motifs is 1. The molecule has 1 saturated carbocycles. The van der Waals surface area contributed by atoms with Crippen LogP contribution in [0.3, 0.4) is 0 Å². The lowest BCUT2D eigenvalue weighted by Crippen LogP contribution is -2.32. The molecule has 2 unspecified atom stereocenters. The largest absolute Gasteiger partial charge is 0.493 e. The molecule has 124 valence electrons. The molecule has 3 rings (SSSR count). The molecule has 1 aromatic rings. The van der Waals surface area contributed by atoms with Crippen molar-refractivity contribution in [1.82, 2.24) is 10.0 Å². The fourth-order valence-electron chi connectivity index (χ4n) is 2.88. The third-order valence-corrected chi connectivity index (χ3v) is 6.53. The van der Waals surface area contributed by atoms with Gasteiger partial charge >= 0.3 is 0 Å². The van der Waals surface area contributed by atoms with Crippen LogP contribution in [0.2, 0.25) is 0 Å². The summed E-state index contributed by atoms with van der Waals surface area (Å²) in [6, 6.07) is 3.11. The van der Waals surface area contributed by atoms with E-state index in [4.69, 9.17) is 9.47 Å². The van der Waals surface area contributed by atoms with Crippen molar-refractivity contribution in [2.45, 2.75) is 10.9 Å². The van der Waals surface area contributed by atoms with E-state index >= 15 is 0 Å². The lowest BCUT2D eigenvalue weighted by atomic mass is 10.3. The lowest BCUT2D eigenvalue weighted by molar-refractivity contribution is 0.353. The van der Waals surface area contributed by atoms with Crippen LogP contribution >= 0.6 is 28.3 Å². The van der Waals surface area contributed by atoms with Gasteiger partial charge in [0.1, 0.15) is 4.90 Å². The second-order valence-corrected chi connectivity index (χ2v) is 7.81. The average molecular weight is 414 g/mol. The van der Waals surface area contributed by atoms with E-state index < -0.39 is 10.0 Å². The first-order valence-electron chi connectivity index (χ1n) is 6.62. The maximum atomic E-state index is 12.5. The van der Waals surface area contributed by atoms with Crippen LogP contribution < -0.4 is 19.5 Å². The van der Waals surface area contributed by atoms with Crippen molar-refractivity contribution in [2.24, 2.45) is 11.8 Å². The monoisotopic (exact) mass is 412 g/mol. The molecule has 2 aliphatic rings. The SMILES string of the molecule is COc1cc(Br)c(S(=O)(=O)NC2C3CNCC32)cc1OC.Cl. The van der Waals surface area contributed by atoms with Crippen LogP contribution in [0.5, 0.6) is 11.5 Å². The third kappa shape index (κ3) is 3.07. The summed E-state index contributed by atoms with van der Waals surface area (Å²) in [4.78, 5) is 0.165. The van der Waals surface area contributed by atoms with Crippen LogP contribution in [0, 0.1) is 11.8 Å². The first-order valence-corrected chi connectivity index (χ1v) is 8.90. The molecule has 0 amide bonds. The van der Waals surface area contributed by atoms with Crippen molar-refractivity contribution in [1.29, 1.82) is 0 Å². The van der Waals surface area contributed by atoms with Gasteiger partial charge in [-0.15, -0.1) is 12.4 Å². The van der Waals surface area contributed by atoms with Crippen LogP contribution in [0.4, 0.5) is 0 Å². The number of piperidine rings is 1. The normalized spacial score (nSPS) is 26.0. The maximum absolute atomic E-state index is 12.5. The van der Waals surface area contributed by atoms with Gasteiger partial charge in [0.2, 0.25) is 10.0 Å². The smallest absolute Gasteiger partial charge is 0.242 e. The topological polar surface area (TPSA) is 76.7 Å². The van der Waals surface area contributed by atoms with Crippen molar-refractivity contribution >= 4 is 38.4 Å². The summed E-state index contributed by atoms with van der Waals surface area (Å²) in [7, 11) is -0.600. The zero-order chi connectivity index (χ0) is 15.2. The van der Waals surface area contributed by atoms with Gasteiger partial charge in [0.05, 0.1) is 14.2 Å². The number of ether oxygens (including phenoxy) is 2. The van der Waals surface area contributed by atoms with Gasteiger partial charge in [-0.2, -0.15) is 0 Å². The Kier molecular flexibility index (Phi) is 5.28. The van der Waals surface area contributed by atoms with Crippen LogP contribution in [-0.2, 0) is 10.0 Å². The summed E-state index contributed by atoms with van der Waals surface area (Å²) in [5.41, 5.74) is 0. The second-order valence-electron chi connectivity index (χ2n) is 5.27. The molecule has 0 radical (unpaired) electrons. The molecule has 0 bridgehead atoms. The Balaban J connectivity index is 0.00000176. The van der Waals surface area contributed by atoms with Gasteiger partial charge in [-0.1, -0.05) is 0 Å². The Morgan fingerprint density at radius 1 is 1.18 bits per heavy atom. The molecule has 2 N–H and O–H groups in total. The molecule has 1 heterocycles. The van der Waals surface area contributed by atoms with Crippen molar-refractivity contribution in [3.8, 4) is 11.5 Å². The van der Waals surface area contributed by atoms with Crippen LogP contribution in [0.15, 0.2) is 21.5 Å². The molecule has 1 saturated heterocycles. The van der Waals surface area contributed by atoms with Gasteiger partial charge in [0.15, 0.2) is 11.5 Å². The predicted octanol–water partition coefficient (Wildman–Crippen LogP) is 1.38. The summed E-state index contributed by atoms with van der Waals surface area (Å²) in [5, 5.41) is 3.24. The van der Waals surface area contributed by atoms with E-state index in [0.717, 1.165) is 13.1 Å². The van der Waals surface area contributed by atoms with Crippen molar-refractivity contribution in [2.75, 3.05) is 27.3 Å². The predicted molar refractivity (Wildman–Crippen MR) is 88.5 cm³/mol. The Labute approximate surface area is 144 Å². The van der Waals surface area contributed by atoms with Crippen molar-refractivity contribution in [3.05, 3.63) is 16.6 Å². The fraction of sp³-hybridized carbons (Fsp3) is 0.538. The first-order chi connectivity index (χ1) is 9.97. The molecule has 6 nitrogen and oxygen atoms in total. The molecule has 1 aliphatic heterocycles. The standard InChI is InChI=1S/C13H17BrN2O4S.ClH/c1-19-10-3-9(14)12(4-11(10)20-2)21(17,18)16-13-7-5-15-6-8(7)13;/h3-4,7-8,13,15-16H,5-6H2,1-2H3;1H. The number of hydrogen-bond donors (Lipinski definition) is 2.